The smallest absolute Gasteiger partial charge is 0.161 e. The van der Waals surface area contributed by atoms with Gasteiger partial charge < -0.3 is 5.32 Å². The van der Waals surface area contributed by atoms with E-state index in [0.29, 0.717) is 23.2 Å². The van der Waals surface area contributed by atoms with Crippen molar-refractivity contribution in [1.29, 1.82) is 5.26 Å². The zero-order chi connectivity index (χ0) is 13.9. The van der Waals surface area contributed by atoms with Gasteiger partial charge in [0.15, 0.2) is 5.17 Å². The third-order valence-corrected chi connectivity index (χ3v) is 5.00. The van der Waals surface area contributed by atoms with Gasteiger partial charge >= 0.3 is 0 Å². The molecule has 1 aromatic carbocycles. The number of nitrogens with zero attached hydrogens (tertiary/aromatic N) is 2. The summed E-state index contributed by atoms with van der Waals surface area (Å²) in [6.07, 6.45) is 4.96. The third kappa shape index (κ3) is 2.80. The van der Waals surface area contributed by atoms with Crippen LogP contribution in [0.1, 0.15) is 31.2 Å². The van der Waals surface area contributed by atoms with Crippen molar-refractivity contribution >= 4 is 22.6 Å². The van der Waals surface area contributed by atoms with Gasteiger partial charge in [0.25, 0.3) is 0 Å². The summed E-state index contributed by atoms with van der Waals surface area (Å²) in [5.74, 6) is 1.34. The predicted octanol–water partition coefficient (Wildman–Crippen LogP) is 3.77. The summed E-state index contributed by atoms with van der Waals surface area (Å²) in [6, 6.07) is 6.79. The summed E-state index contributed by atoms with van der Waals surface area (Å²) in [7, 11) is 0. The Morgan fingerprint density at radius 2 is 2.20 bits per heavy atom. The van der Waals surface area contributed by atoms with Crippen LogP contribution in [0.25, 0.3) is 0 Å². The van der Waals surface area contributed by atoms with Gasteiger partial charge in [-0.05, 0) is 37.0 Å². The number of nitrogens with one attached hydrogen (secondary N) is 1. The number of aliphatic imine (C=N–C) groups is 1. The molecule has 1 aromatic rings. The van der Waals surface area contributed by atoms with Crippen molar-refractivity contribution < 1.29 is 4.39 Å². The Kier molecular flexibility index (Phi) is 3.93. The molecule has 2 unspecified atom stereocenters. The lowest BCUT2D eigenvalue weighted by molar-refractivity contribution is 0.336. The minimum atomic E-state index is -0.405. The molecule has 104 valence electrons. The molecule has 0 saturated heterocycles. The lowest BCUT2D eigenvalue weighted by Gasteiger charge is -2.32. The highest BCUT2D eigenvalue weighted by molar-refractivity contribution is 8.14. The standard InChI is InChI=1S/C15H16FN3S/c16-12-7-10(8-17)5-6-14(12)19-15-18-13-4-2-1-3-11(13)9-20-15/h5-7,11,13H,1-4,9H2,(H,18,19). The van der Waals surface area contributed by atoms with Gasteiger partial charge in [-0.1, -0.05) is 24.6 Å². The van der Waals surface area contributed by atoms with Gasteiger partial charge in [0.1, 0.15) is 5.82 Å². The van der Waals surface area contributed by atoms with Crippen LogP contribution in [0, 0.1) is 23.1 Å². The number of amidine groups is 1. The van der Waals surface area contributed by atoms with Crippen molar-refractivity contribution in [2.75, 3.05) is 11.1 Å². The molecule has 2 atom stereocenters. The first-order chi connectivity index (χ1) is 9.76. The van der Waals surface area contributed by atoms with Gasteiger partial charge in [-0.3, -0.25) is 4.99 Å². The van der Waals surface area contributed by atoms with E-state index in [9.17, 15) is 4.39 Å². The molecule has 0 radical (unpaired) electrons. The van der Waals surface area contributed by atoms with E-state index in [-0.39, 0.29) is 0 Å². The molecule has 2 aliphatic rings. The molecule has 1 aliphatic heterocycles. The van der Waals surface area contributed by atoms with E-state index in [2.05, 4.69) is 5.32 Å². The van der Waals surface area contributed by atoms with Crippen LogP contribution >= 0.6 is 11.8 Å². The molecule has 1 fully saturated rings. The van der Waals surface area contributed by atoms with Crippen LogP contribution < -0.4 is 5.32 Å². The minimum absolute atomic E-state index is 0.332. The van der Waals surface area contributed by atoms with E-state index in [0.717, 1.165) is 17.3 Å². The molecule has 1 saturated carbocycles. The molecule has 1 N–H and O–H groups in total. The maximum atomic E-state index is 13.8. The van der Waals surface area contributed by atoms with Crippen molar-refractivity contribution in [1.82, 2.24) is 0 Å². The van der Waals surface area contributed by atoms with Crippen LogP contribution in [0.15, 0.2) is 23.2 Å². The second-order valence-corrected chi connectivity index (χ2v) is 6.30. The molecular formula is C15H16FN3S. The normalized spacial score (nSPS) is 25.3. The molecular weight excluding hydrogens is 273 g/mol. The molecule has 0 aromatic heterocycles. The summed E-state index contributed by atoms with van der Waals surface area (Å²) < 4.78 is 13.8. The fraction of sp³-hybridized carbons (Fsp3) is 0.467. The molecule has 0 bridgehead atoms. The third-order valence-electron chi connectivity index (χ3n) is 3.93. The maximum Gasteiger partial charge on any atom is 0.161 e. The Balaban J connectivity index is 1.75. The fourth-order valence-electron chi connectivity index (χ4n) is 2.80. The molecule has 0 spiro atoms. The van der Waals surface area contributed by atoms with E-state index in [1.807, 2.05) is 6.07 Å². The van der Waals surface area contributed by atoms with Crippen molar-refractivity contribution in [2.24, 2.45) is 10.9 Å². The zero-order valence-electron chi connectivity index (χ0n) is 11.1. The second kappa shape index (κ2) is 5.84. The van der Waals surface area contributed by atoms with Crippen molar-refractivity contribution in [3.05, 3.63) is 29.6 Å². The van der Waals surface area contributed by atoms with Gasteiger partial charge in [0.2, 0.25) is 0 Å². The highest BCUT2D eigenvalue weighted by Gasteiger charge is 2.29. The van der Waals surface area contributed by atoms with E-state index in [1.54, 1.807) is 23.9 Å². The first-order valence-electron chi connectivity index (χ1n) is 6.93. The number of rotatable bonds is 1. The van der Waals surface area contributed by atoms with Gasteiger partial charge in [0.05, 0.1) is 23.4 Å². The van der Waals surface area contributed by atoms with E-state index in [4.69, 9.17) is 10.3 Å². The highest BCUT2D eigenvalue weighted by Crippen LogP contribution is 2.34. The average molecular weight is 289 g/mol. The molecule has 0 amide bonds. The van der Waals surface area contributed by atoms with Crippen LogP contribution in [-0.2, 0) is 0 Å². The summed E-state index contributed by atoms with van der Waals surface area (Å²) in [4.78, 5) is 4.72. The number of fused-ring (bicyclic) bond motifs is 1. The fourth-order valence-corrected chi connectivity index (χ4v) is 3.95. The van der Waals surface area contributed by atoms with Crippen molar-refractivity contribution in [3.8, 4) is 6.07 Å². The maximum absolute atomic E-state index is 13.8. The number of nitriles is 1. The van der Waals surface area contributed by atoms with Gasteiger partial charge in [-0.25, -0.2) is 4.39 Å². The molecule has 3 nitrogen and oxygen atoms in total. The Bertz CT molecular complexity index is 579. The summed E-state index contributed by atoms with van der Waals surface area (Å²) >= 11 is 1.67. The highest BCUT2D eigenvalue weighted by atomic mass is 32.2. The van der Waals surface area contributed by atoms with Gasteiger partial charge in [-0.2, -0.15) is 5.26 Å². The number of benzene rings is 1. The summed E-state index contributed by atoms with van der Waals surface area (Å²) in [6.45, 7) is 0. The molecule has 1 aliphatic carbocycles. The zero-order valence-corrected chi connectivity index (χ0v) is 11.9. The topological polar surface area (TPSA) is 48.2 Å². The second-order valence-electron chi connectivity index (χ2n) is 5.29. The first kappa shape index (κ1) is 13.4. The lowest BCUT2D eigenvalue weighted by atomic mass is 9.86. The van der Waals surface area contributed by atoms with Gasteiger partial charge in [0, 0.05) is 5.75 Å². The number of thioether (sulfide) groups is 1. The van der Waals surface area contributed by atoms with Crippen LogP contribution in [0.4, 0.5) is 10.1 Å². The monoisotopic (exact) mass is 289 g/mol. The Labute approximate surface area is 122 Å². The average Bonchev–Trinajstić information content (AvgIpc) is 2.49. The summed E-state index contributed by atoms with van der Waals surface area (Å²) in [5, 5.41) is 12.6. The Morgan fingerprint density at radius 3 is 3.00 bits per heavy atom. The van der Waals surface area contributed by atoms with E-state index in [1.165, 1.54) is 25.3 Å². The van der Waals surface area contributed by atoms with E-state index >= 15 is 0 Å². The molecule has 3 rings (SSSR count). The van der Waals surface area contributed by atoms with Crippen molar-refractivity contribution in [3.63, 3.8) is 0 Å². The molecule has 1 heterocycles. The van der Waals surface area contributed by atoms with Crippen LogP contribution in [-0.4, -0.2) is 17.0 Å². The first-order valence-corrected chi connectivity index (χ1v) is 7.92. The number of hydrogen-bond acceptors (Lipinski definition) is 4. The molecule has 5 heteroatoms. The molecule has 20 heavy (non-hydrogen) atoms. The Hall–Kier alpha value is -1.54. The largest absolute Gasteiger partial charge is 0.333 e. The van der Waals surface area contributed by atoms with Gasteiger partial charge in [-0.15, -0.1) is 0 Å². The summed E-state index contributed by atoms with van der Waals surface area (Å²) in [5.41, 5.74) is 0.725. The number of halogens is 1. The SMILES string of the molecule is N#Cc1ccc(NC2=NC3CCCCC3CS2)c(F)c1. The lowest BCUT2D eigenvalue weighted by Crippen LogP contribution is -2.31. The Morgan fingerprint density at radius 1 is 1.35 bits per heavy atom. The van der Waals surface area contributed by atoms with Crippen LogP contribution in [0.3, 0.4) is 0 Å². The number of hydrogen-bond donors (Lipinski definition) is 1. The van der Waals surface area contributed by atoms with Crippen molar-refractivity contribution in [2.45, 2.75) is 31.7 Å². The number of anilines is 1. The van der Waals surface area contributed by atoms with E-state index < -0.39 is 5.82 Å². The predicted molar refractivity (Wildman–Crippen MR) is 80.4 cm³/mol. The minimum Gasteiger partial charge on any atom is -0.333 e. The van der Waals surface area contributed by atoms with Crippen LogP contribution in [0.5, 0.6) is 0 Å². The van der Waals surface area contributed by atoms with Crippen LogP contribution in [0.2, 0.25) is 0 Å². The quantitative estimate of drug-likeness (QED) is 0.856.